The molecule has 5 nitrogen and oxygen atoms in total. The smallest absolute Gasteiger partial charge is 0.381 e. The number of alkyl halides is 3. The van der Waals surface area contributed by atoms with Crippen LogP contribution in [0.2, 0.25) is 0 Å². The Morgan fingerprint density at radius 3 is 2.50 bits per heavy atom. The zero-order valence-corrected chi connectivity index (χ0v) is 15.8. The fraction of sp³-hybridized carbons (Fsp3) is 0.647. The minimum absolute atomic E-state index is 0.00337. The van der Waals surface area contributed by atoms with Crippen molar-refractivity contribution < 1.29 is 22.7 Å². The number of halogens is 4. The highest BCUT2D eigenvalue weighted by Gasteiger charge is 2.37. The Labute approximate surface area is 158 Å². The normalized spacial score (nSPS) is 20.2. The Bertz CT molecular complexity index is 643. The van der Waals surface area contributed by atoms with Gasteiger partial charge in [-0.1, -0.05) is 0 Å². The fourth-order valence-corrected chi connectivity index (χ4v) is 3.74. The number of hydrogen-bond donors (Lipinski definition) is 1. The van der Waals surface area contributed by atoms with Crippen molar-refractivity contribution in [2.75, 3.05) is 31.2 Å². The topological polar surface area (TPSA) is 54.5 Å². The van der Waals surface area contributed by atoms with E-state index in [1.807, 2.05) is 0 Å². The summed E-state index contributed by atoms with van der Waals surface area (Å²) < 4.78 is 45.4. The van der Waals surface area contributed by atoms with Crippen molar-refractivity contribution in [3.63, 3.8) is 0 Å². The van der Waals surface area contributed by atoms with Crippen LogP contribution in [0.15, 0.2) is 16.7 Å². The van der Waals surface area contributed by atoms with Gasteiger partial charge in [-0.2, -0.15) is 13.2 Å². The third-order valence-electron chi connectivity index (χ3n) is 4.87. The van der Waals surface area contributed by atoms with E-state index >= 15 is 0 Å². The molecule has 0 aliphatic carbocycles. The molecule has 0 aromatic carbocycles. The van der Waals surface area contributed by atoms with Crippen LogP contribution >= 0.6 is 15.9 Å². The van der Waals surface area contributed by atoms with Crippen molar-refractivity contribution >= 4 is 27.7 Å². The van der Waals surface area contributed by atoms with E-state index in [-0.39, 0.29) is 23.7 Å². The first kappa shape index (κ1) is 19.4. The van der Waals surface area contributed by atoms with Crippen molar-refractivity contribution in [2.45, 2.75) is 37.9 Å². The van der Waals surface area contributed by atoms with Gasteiger partial charge in [0, 0.05) is 48.9 Å². The molecule has 0 spiro atoms. The Balaban J connectivity index is 1.61. The number of anilines is 1. The summed E-state index contributed by atoms with van der Waals surface area (Å²) in [5.41, 5.74) is -0.753. The SMILES string of the molecule is O=C(NC1CCOCC1)C1CCN(c2ncc(Br)cc2C(F)(F)F)CC1. The number of ether oxygens (including phenoxy) is 1. The fourth-order valence-electron chi connectivity index (χ4n) is 3.41. The molecule has 3 heterocycles. The first-order valence-electron chi connectivity index (χ1n) is 8.70. The number of nitrogens with zero attached hydrogens (tertiary/aromatic N) is 2. The predicted octanol–water partition coefficient (Wildman–Crippen LogP) is 3.37. The van der Waals surface area contributed by atoms with Gasteiger partial charge in [-0.15, -0.1) is 0 Å². The third-order valence-corrected chi connectivity index (χ3v) is 5.31. The van der Waals surface area contributed by atoms with Gasteiger partial charge in [0.15, 0.2) is 0 Å². The van der Waals surface area contributed by atoms with Crippen LogP contribution in [0.1, 0.15) is 31.2 Å². The lowest BCUT2D eigenvalue weighted by Crippen LogP contribution is -2.45. The molecular weight excluding hydrogens is 415 g/mol. The predicted molar refractivity (Wildman–Crippen MR) is 93.9 cm³/mol. The minimum Gasteiger partial charge on any atom is -0.381 e. The quantitative estimate of drug-likeness (QED) is 0.790. The van der Waals surface area contributed by atoms with Crippen LogP contribution in [0.25, 0.3) is 0 Å². The summed E-state index contributed by atoms with van der Waals surface area (Å²) in [6.07, 6.45) is -0.448. The second-order valence-corrected chi connectivity index (χ2v) is 7.59. The molecule has 0 radical (unpaired) electrons. The zero-order valence-electron chi connectivity index (χ0n) is 14.2. The number of nitrogens with one attached hydrogen (secondary N) is 1. The largest absolute Gasteiger partial charge is 0.419 e. The molecule has 144 valence electrons. The lowest BCUT2D eigenvalue weighted by molar-refractivity contribution is -0.137. The molecule has 2 fully saturated rings. The third kappa shape index (κ3) is 4.68. The van der Waals surface area contributed by atoms with Gasteiger partial charge >= 0.3 is 6.18 Å². The van der Waals surface area contributed by atoms with Crippen LogP contribution in [0.3, 0.4) is 0 Å². The number of piperidine rings is 1. The molecule has 1 N–H and O–H groups in total. The summed E-state index contributed by atoms with van der Waals surface area (Å²) in [7, 11) is 0. The highest BCUT2D eigenvalue weighted by Crippen LogP contribution is 2.38. The maximum absolute atomic E-state index is 13.3. The number of carbonyl (C=O) groups excluding carboxylic acids is 1. The molecular formula is C17H21BrF3N3O2. The molecule has 2 aliphatic rings. The van der Waals surface area contributed by atoms with Gasteiger partial charge in [0.05, 0.1) is 5.56 Å². The van der Waals surface area contributed by atoms with E-state index < -0.39 is 11.7 Å². The number of pyridine rings is 1. The maximum Gasteiger partial charge on any atom is 0.419 e. The second-order valence-electron chi connectivity index (χ2n) is 6.68. The van der Waals surface area contributed by atoms with Gasteiger partial charge in [0.25, 0.3) is 0 Å². The molecule has 26 heavy (non-hydrogen) atoms. The second kappa shape index (κ2) is 8.12. The van der Waals surface area contributed by atoms with E-state index in [0.717, 1.165) is 18.9 Å². The summed E-state index contributed by atoms with van der Waals surface area (Å²) >= 11 is 3.05. The molecule has 0 saturated carbocycles. The van der Waals surface area contributed by atoms with Crippen LogP contribution in [-0.4, -0.2) is 43.2 Å². The summed E-state index contributed by atoms with van der Waals surface area (Å²) in [5, 5.41) is 3.05. The molecule has 1 aromatic heterocycles. The number of aromatic nitrogens is 1. The van der Waals surface area contributed by atoms with Crippen LogP contribution in [0, 0.1) is 5.92 Å². The zero-order chi connectivity index (χ0) is 18.7. The van der Waals surface area contributed by atoms with Gasteiger partial charge in [-0.3, -0.25) is 4.79 Å². The van der Waals surface area contributed by atoms with E-state index in [0.29, 0.717) is 43.6 Å². The van der Waals surface area contributed by atoms with Crippen molar-refractivity contribution in [3.8, 4) is 0 Å². The van der Waals surface area contributed by atoms with Crippen molar-refractivity contribution in [3.05, 3.63) is 22.3 Å². The maximum atomic E-state index is 13.3. The number of amides is 1. The Morgan fingerprint density at radius 1 is 1.23 bits per heavy atom. The van der Waals surface area contributed by atoms with Crippen LogP contribution in [-0.2, 0) is 15.7 Å². The molecule has 0 bridgehead atoms. The first-order chi connectivity index (χ1) is 12.3. The van der Waals surface area contributed by atoms with Gasteiger partial charge in [0.2, 0.25) is 5.91 Å². The lowest BCUT2D eigenvalue weighted by atomic mass is 9.94. The van der Waals surface area contributed by atoms with Gasteiger partial charge in [0.1, 0.15) is 5.82 Å². The molecule has 9 heteroatoms. The molecule has 2 saturated heterocycles. The van der Waals surface area contributed by atoms with E-state index in [1.165, 1.54) is 6.20 Å². The van der Waals surface area contributed by atoms with Crippen LogP contribution < -0.4 is 10.2 Å². The van der Waals surface area contributed by atoms with E-state index in [4.69, 9.17) is 4.74 Å². The lowest BCUT2D eigenvalue weighted by Gasteiger charge is -2.34. The first-order valence-corrected chi connectivity index (χ1v) is 9.49. The van der Waals surface area contributed by atoms with Crippen molar-refractivity contribution in [1.29, 1.82) is 0 Å². The number of hydrogen-bond acceptors (Lipinski definition) is 4. The van der Waals surface area contributed by atoms with E-state index in [9.17, 15) is 18.0 Å². The van der Waals surface area contributed by atoms with Crippen molar-refractivity contribution in [1.82, 2.24) is 10.3 Å². The number of rotatable bonds is 3. The van der Waals surface area contributed by atoms with Gasteiger partial charge in [-0.05, 0) is 47.7 Å². The monoisotopic (exact) mass is 435 g/mol. The van der Waals surface area contributed by atoms with Gasteiger partial charge in [-0.25, -0.2) is 4.98 Å². The van der Waals surface area contributed by atoms with E-state index in [1.54, 1.807) is 4.90 Å². The summed E-state index contributed by atoms with van der Waals surface area (Å²) in [6, 6.07) is 1.19. The summed E-state index contributed by atoms with van der Waals surface area (Å²) in [5.74, 6) is -0.237. The average molecular weight is 436 g/mol. The summed E-state index contributed by atoms with van der Waals surface area (Å²) in [6.45, 7) is 2.06. The molecule has 2 aliphatic heterocycles. The molecule has 0 unspecified atom stereocenters. The molecule has 0 atom stereocenters. The highest BCUT2D eigenvalue weighted by atomic mass is 79.9. The standard InChI is InChI=1S/C17H21BrF3N3O2/c18-12-9-14(17(19,20)21)15(22-10-12)24-5-1-11(2-6-24)16(25)23-13-3-7-26-8-4-13/h9-11,13H,1-8H2,(H,23,25). The molecule has 3 rings (SSSR count). The minimum atomic E-state index is -4.47. The Hall–Kier alpha value is -1.35. The van der Waals surface area contributed by atoms with Crippen LogP contribution in [0.5, 0.6) is 0 Å². The average Bonchev–Trinajstić information content (AvgIpc) is 2.62. The van der Waals surface area contributed by atoms with E-state index in [2.05, 4.69) is 26.2 Å². The Morgan fingerprint density at radius 2 is 1.88 bits per heavy atom. The molecule has 1 amide bonds. The van der Waals surface area contributed by atoms with Crippen LogP contribution in [0.4, 0.5) is 19.0 Å². The summed E-state index contributed by atoms with van der Waals surface area (Å²) in [4.78, 5) is 18.0. The highest BCUT2D eigenvalue weighted by molar-refractivity contribution is 9.10. The van der Waals surface area contributed by atoms with Crippen molar-refractivity contribution in [2.24, 2.45) is 5.92 Å². The Kier molecular flexibility index (Phi) is 6.06. The number of carbonyl (C=O) groups is 1. The van der Waals surface area contributed by atoms with Gasteiger partial charge < -0.3 is 15.0 Å². The molecule has 1 aromatic rings.